The average Bonchev–Trinajstić information content (AvgIpc) is 3.17. The Labute approximate surface area is 189 Å². The van der Waals surface area contributed by atoms with Crippen LogP contribution >= 0.6 is 7.14 Å². The summed E-state index contributed by atoms with van der Waals surface area (Å²) in [5.74, 6) is 0.0352. The first-order valence-corrected chi connectivity index (χ1v) is 13.1. The number of nitrogens with zero attached hydrogens (tertiary/aromatic N) is 6. The van der Waals surface area contributed by atoms with Crippen molar-refractivity contribution in [2.24, 2.45) is 0 Å². The first-order valence-electron chi connectivity index (χ1n) is 10.3. The number of fused-ring (bicyclic) bond motifs is 2. The highest BCUT2D eigenvalue weighted by atomic mass is 31.2. The van der Waals surface area contributed by atoms with Gasteiger partial charge in [-0.1, -0.05) is 23.4 Å². The molecular weight excluding hydrogens is 440 g/mol. The molecule has 0 radical (unpaired) electrons. The van der Waals surface area contributed by atoms with Crippen LogP contribution in [0.4, 0.5) is 15.9 Å². The fourth-order valence-corrected chi connectivity index (χ4v) is 4.71. The van der Waals surface area contributed by atoms with Crippen LogP contribution in [0.3, 0.4) is 0 Å². The molecular formula is C23H21FN7OP. The van der Waals surface area contributed by atoms with E-state index >= 15 is 0 Å². The van der Waals surface area contributed by atoms with Gasteiger partial charge in [0, 0.05) is 23.4 Å². The number of anilines is 2. The molecule has 166 valence electrons. The molecule has 5 rings (SSSR count). The standard InChI is InChI=1S/C23H21FN7OP/c1-33(2,32)14-17-6-7-18(11-19(17)24)27-21-12-26-22-23(28-21)31(30-29-22)13-15-5-8-20-16(10-15)4-3-9-25-20/h3-12H,13-14H2,1-2H3,(H,27,28). The highest BCUT2D eigenvalue weighted by Crippen LogP contribution is 2.41. The number of halogens is 1. The zero-order valence-corrected chi connectivity index (χ0v) is 19.0. The maximum atomic E-state index is 14.5. The fraction of sp³-hybridized carbons (Fsp3) is 0.174. The molecule has 0 aliphatic carbocycles. The molecule has 0 bridgehead atoms. The van der Waals surface area contributed by atoms with Gasteiger partial charge in [-0.05, 0) is 54.8 Å². The summed E-state index contributed by atoms with van der Waals surface area (Å²) in [6.07, 6.45) is 3.52. The van der Waals surface area contributed by atoms with Crippen LogP contribution in [0.5, 0.6) is 0 Å². The van der Waals surface area contributed by atoms with E-state index in [0.29, 0.717) is 34.9 Å². The molecule has 0 spiro atoms. The van der Waals surface area contributed by atoms with Gasteiger partial charge in [0.2, 0.25) is 5.65 Å². The summed E-state index contributed by atoms with van der Waals surface area (Å²) >= 11 is 0. The Morgan fingerprint density at radius 3 is 2.79 bits per heavy atom. The molecule has 33 heavy (non-hydrogen) atoms. The lowest BCUT2D eigenvalue weighted by Gasteiger charge is -2.10. The zero-order chi connectivity index (χ0) is 23.0. The van der Waals surface area contributed by atoms with Crippen LogP contribution in [-0.2, 0) is 17.3 Å². The third-order valence-electron chi connectivity index (χ3n) is 5.10. The Morgan fingerprint density at radius 2 is 1.97 bits per heavy atom. The van der Waals surface area contributed by atoms with Crippen LogP contribution in [0.25, 0.3) is 22.2 Å². The van der Waals surface area contributed by atoms with Crippen molar-refractivity contribution >= 4 is 40.8 Å². The van der Waals surface area contributed by atoms with Gasteiger partial charge in [0.25, 0.3) is 0 Å². The van der Waals surface area contributed by atoms with Gasteiger partial charge < -0.3 is 9.88 Å². The Bertz CT molecular complexity index is 1530. The number of benzene rings is 2. The SMILES string of the molecule is CP(C)(=O)Cc1ccc(Nc2cnc3nnn(Cc4ccc5ncccc5c4)c3n2)cc1F. The summed E-state index contributed by atoms with van der Waals surface area (Å²) in [4.78, 5) is 13.2. The van der Waals surface area contributed by atoms with Crippen molar-refractivity contribution in [3.8, 4) is 0 Å². The van der Waals surface area contributed by atoms with Gasteiger partial charge in [-0.3, -0.25) is 4.98 Å². The van der Waals surface area contributed by atoms with E-state index in [1.807, 2.05) is 24.3 Å². The van der Waals surface area contributed by atoms with Gasteiger partial charge in [0.15, 0.2) is 11.5 Å². The van der Waals surface area contributed by atoms with Gasteiger partial charge in [-0.25, -0.2) is 19.0 Å². The van der Waals surface area contributed by atoms with Crippen LogP contribution in [0.15, 0.2) is 60.9 Å². The number of hydrogen-bond acceptors (Lipinski definition) is 7. The summed E-state index contributed by atoms with van der Waals surface area (Å²) in [6.45, 7) is 3.77. The minimum atomic E-state index is -2.37. The maximum absolute atomic E-state index is 14.5. The van der Waals surface area contributed by atoms with E-state index in [-0.39, 0.29) is 6.16 Å². The van der Waals surface area contributed by atoms with E-state index in [0.717, 1.165) is 16.5 Å². The van der Waals surface area contributed by atoms with Crippen molar-refractivity contribution < 1.29 is 8.96 Å². The van der Waals surface area contributed by atoms with Crippen molar-refractivity contribution in [2.75, 3.05) is 18.6 Å². The van der Waals surface area contributed by atoms with Gasteiger partial charge in [-0.2, -0.15) is 0 Å². The van der Waals surface area contributed by atoms with Crippen LogP contribution in [0.2, 0.25) is 0 Å². The van der Waals surface area contributed by atoms with E-state index < -0.39 is 13.0 Å². The topological polar surface area (TPSA) is 98.5 Å². The minimum Gasteiger partial charge on any atom is -0.339 e. The third-order valence-corrected chi connectivity index (χ3v) is 6.21. The summed E-state index contributed by atoms with van der Waals surface area (Å²) in [7, 11) is -2.37. The summed E-state index contributed by atoms with van der Waals surface area (Å²) in [5.41, 5.74) is 3.85. The Hall–Kier alpha value is -3.71. The smallest absolute Gasteiger partial charge is 0.221 e. The van der Waals surface area contributed by atoms with Crippen LogP contribution < -0.4 is 5.32 Å². The quantitative estimate of drug-likeness (QED) is 0.362. The van der Waals surface area contributed by atoms with Crippen molar-refractivity contribution in [3.63, 3.8) is 0 Å². The number of rotatable bonds is 6. The maximum Gasteiger partial charge on any atom is 0.221 e. The number of aromatic nitrogens is 6. The van der Waals surface area contributed by atoms with Crippen LogP contribution in [0.1, 0.15) is 11.1 Å². The normalized spacial score (nSPS) is 11.8. The molecule has 0 fully saturated rings. The highest BCUT2D eigenvalue weighted by Gasteiger charge is 2.14. The monoisotopic (exact) mass is 461 g/mol. The first kappa shape index (κ1) is 21.2. The lowest BCUT2D eigenvalue weighted by molar-refractivity contribution is 0.578. The second-order valence-corrected chi connectivity index (χ2v) is 11.8. The van der Waals surface area contributed by atoms with Gasteiger partial charge >= 0.3 is 0 Å². The van der Waals surface area contributed by atoms with Gasteiger partial charge in [0.05, 0.1) is 25.4 Å². The molecule has 1 N–H and O–H groups in total. The van der Waals surface area contributed by atoms with Gasteiger partial charge in [-0.15, -0.1) is 5.10 Å². The zero-order valence-electron chi connectivity index (χ0n) is 18.1. The molecule has 3 aromatic heterocycles. The summed E-state index contributed by atoms with van der Waals surface area (Å²) in [6, 6.07) is 14.7. The van der Waals surface area contributed by atoms with Crippen LogP contribution in [-0.4, -0.2) is 43.3 Å². The van der Waals surface area contributed by atoms with Crippen molar-refractivity contribution in [1.29, 1.82) is 0 Å². The van der Waals surface area contributed by atoms with E-state index in [4.69, 9.17) is 0 Å². The molecule has 10 heteroatoms. The Morgan fingerprint density at radius 1 is 1.09 bits per heavy atom. The minimum absolute atomic E-state index is 0.223. The van der Waals surface area contributed by atoms with E-state index in [9.17, 15) is 8.96 Å². The molecule has 2 aromatic carbocycles. The largest absolute Gasteiger partial charge is 0.339 e. The molecule has 0 aliphatic heterocycles. The molecule has 0 unspecified atom stereocenters. The van der Waals surface area contributed by atoms with E-state index in [2.05, 4.69) is 36.6 Å². The predicted molar refractivity (Wildman–Crippen MR) is 127 cm³/mol. The lowest BCUT2D eigenvalue weighted by atomic mass is 10.1. The lowest BCUT2D eigenvalue weighted by Crippen LogP contribution is -2.04. The average molecular weight is 461 g/mol. The highest BCUT2D eigenvalue weighted by molar-refractivity contribution is 7.61. The molecule has 0 atom stereocenters. The van der Waals surface area contributed by atoms with Gasteiger partial charge in [0.1, 0.15) is 5.82 Å². The molecule has 5 aromatic rings. The third kappa shape index (κ3) is 4.73. The molecule has 8 nitrogen and oxygen atoms in total. The number of nitrogens with one attached hydrogen (secondary N) is 1. The first-order chi connectivity index (χ1) is 15.8. The Kier molecular flexibility index (Phi) is 5.34. The predicted octanol–water partition coefficient (Wildman–Crippen LogP) is 4.82. The molecule has 0 saturated carbocycles. The summed E-state index contributed by atoms with van der Waals surface area (Å²) in [5, 5.41) is 12.4. The Balaban J connectivity index is 1.40. The van der Waals surface area contributed by atoms with Crippen molar-refractivity contribution in [3.05, 3.63) is 77.9 Å². The van der Waals surface area contributed by atoms with E-state index in [1.165, 1.54) is 12.3 Å². The molecule has 0 amide bonds. The summed E-state index contributed by atoms with van der Waals surface area (Å²) < 4.78 is 28.2. The second-order valence-electron chi connectivity index (χ2n) is 8.34. The van der Waals surface area contributed by atoms with Crippen molar-refractivity contribution in [2.45, 2.75) is 12.7 Å². The molecule has 3 heterocycles. The fourth-order valence-electron chi connectivity index (χ4n) is 3.63. The van der Waals surface area contributed by atoms with E-state index in [1.54, 1.807) is 36.3 Å². The van der Waals surface area contributed by atoms with Crippen LogP contribution in [0, 0.1) is 5.82 Å². The number of hydrogen-bond donors (Lipinski definition) is 1. The van der Waals surface area contributed by atoms with Crippen molar-refractivity contribution in [1.82, 2.24) is 29.9 Å². The molecule has 0 aliphatic rings. The number of pyridine rings is 1. The second kappa shape index (κ2) is 8.33. The molecule has 0 saturated heterocycles.